The number of hydrogen-bond donors (Lipinski definition) is 4. The second-order valence-electron chi connectivity index (χ2n) is 6.87. The van der Waals surface area contributed by atoms with Crippen molar-refractivity contribution >= 4 is 27.8 Å². The second-order valence-corrected chi connectivity index (χ2v) is 6.87. The third kappa shape index (κ3) is 2.74. The second kappa shape index (κ2) is 6.63. The molecule has 0 aliphatic carbocycles. The average Bonchev–Trinajstić information content (AvgIpc) is 3.36. The standard InChI is InChI=1S/C22H17N5O3/c1-30-18-10-12(28)6-8-13(18)11-5-7-14-17(9-11)26-27-20(14)22-24-16-4-2-3-15(21(23)29)19(16)25-22/h2-10,28H,1H3,(H2,23,29)(H,24,25)(H,26,27). The number of aromatic amines is 2. The summed E-state index contributed by atoms with van der Waals surface area (Å²) in [4.78, 5) is 19.5. The van der Waals surface area contributed by atoms with Gasteiger partial charge in [-0.1, -0.05) is 12.1 Å². The first kappa shape index (κ1) is 17.7. The van der Waals surface area contributed by atoms with Crippen molar-refractivity contribution in [3.63, 3.8) is 0 Å². The SMILES string of the molecule is COc1cc(O)ccc1-c1ccc2c(-c3nc4c(C(N)=O)cccc4[nH]3)n[nH]c2c1. The lowest BCUT2D eigenvalue weighted by atomic mass is 10.0. The van der Waals surface area contributed by atoms with Crippen LogP contribution in [0.15, 0.2) is 54.6 Å². The Bertz CT molecular complexity index is 1430. The molecule has 0 spiro atoms. The number of carbonyl (C=O) groups is 1. The fourth-order valence-electron chi connectivity index (χ4n) is 3.63. The molecule has 2 aromatic heterocycles. The van der Waals surface area contributed by atoms with Gasteiger partial charge in [-0.05, 0) is 42.0 Å². The van der Waals surface area contributed by atoms with Crippen LogP contribution < -0.4 is 10.5 Å². The molecule has 5 N–H and O–H groups in total. The number of fused-ring (bicyclic) bond motifs is 2. The molecule has 0 bridgehead atoms. The van der Waals surface area contributed by atoms with Gasteiger partial charge < -0.3 is 20.6 Å². The van der Waals surface area contributed by atoms with Gasteiger partial charge in [0, 0.05) is 17.0 Å². The number of ether oxygens (including phenoxy) is 1. The number of H-pyrrole nitrogens is 2. The van der Waals surface area contributed by atoms with E-state index in [4.69, 9.17) is 10.5 Å². The highest BCUT2D eigenvalue weighted by Crippen LogP contribution is 2.35. The van der Waals surface area contributed by atoms with Crippen molar-refractivity contribution in [3.8, 4) is 34.1 Å². The Labute approximate surface area is 170 Å². The summed E-state index contributed by atoms with van der Waals surface area (Å²) in [6.45, 7) is 0. The van der Waals surface area contributed by atoms with Gasteiger partial charge in [0.05, 0.1) is 23.7 Å². The van der Waals surface area contributed by atoms with Gasteiger partial charge in [-0.15, -0.1) is 0 Å². The molecular formula is C22H17N5O3. The number of aromatic hydroxyl groups is 1. The van der Waals surface area contributed by atoms with Crippen LogP contribution in [0.5, 0.6) is 11.5 Å². The van der Waals surface area contributed by atoms with Crippen LogP contribution in [0.4, 0.5) is 0 Å². The normalized spacial score (nSPS) is 11.2. The zero-order valence-electron chi connectivity index (χ0n) is 15.9. The van der Waals surface area contributed by atoms with Crippen LogP contribution >= 0.6 is 0 Å². The number of methoxy groups -OCH3 is 1. The minimum absolute atomic E-state index is 0.140. The Morgan fingerprint density at radius 1 is 1.10 bits per heavy atom. The number of benzene rings is 3. The van der Waals surface area contributed by atoms with Crippen LogP contribution in [0, 0.1) is 0 Å². The molecule has 3 aromatic carbocycles. The Balaban J connectivity index is 1.62. The molecule has 8 heteroatoms. The number of aromatic nitrogens is 4. The van der Waals surface area contributed by atoms with Gasteiger partial charge in [-0.25, -0.2) is 4.98 Å². The quantitative estimate of drug-likeness (QED) is 0.367. The molecule has 0 aliphatic rings. The number of imidazole rings is 1. The van der Waals surface area contributed by atoms with E-state index in [0.29, 0.717) is 33.9 Å². The van der Waals surface area contributed by atoms with Crippen LogP contribution in [0.3, 0.4) is 0 Å². The molecule has 30 heavy (non-hydrogen) atoms. The van der Waals surface area contributed by atoms with Crippen molar-refractivity contribution < 1.29 is 14.6 Å². The number of hydrogen-bond acceptors (Lipinski definition) is 5. The number of phenols is 1. The van der Waals surface area contributed by atoms with Crippen LogP contribution in [-0.4, -0.2) is 38.3 Å². The molecule has 5 aromatic rings. The average molecular weight is 399 g/mol. The van der Waals surface area contributed by atoms with E-state index in [1.165, 1.54) is 0 Å². The zero-order chi connectivity index (χ0) is 20.8. The van der Waals surface area contributed by atoms with Gasteiger partial charge in [-0.3, -0.25) is 9.89 Å². The van der Waals surface area contributed by atoms with Gasteiger partial charge in [0.1, 0.15) is 22.7 Å². The Kier molecular flexibility index (Phi) is 3.92. The van der Waals surface area contributed by atoms with Crippen molar-refractivity contribution in [2.75, 3.05) is 7.11 Å². The van der Waals surface area contributed by atoms with Crippen molar-refractivity contribution in [2.45, 2.75) is 0 Å². The number of carbonyl (C=O) groups excluding carboxylic acids is 1. The predicted octanol–water partition coefficient (Wildman–Crippen LogP) is 3.59. The summed E-state index contributed by atoms with van der Waals surface area (Å²) in [6, 6.07) is 16.1. The molecule has 0 atom stereocenters. The first-order chi connectivity index (χ1) is 14.5. The molecular weight excluding hydrogens is 382 g/mol. The predicted molar refractivity (Wildman–Crippen MR) is 113 cm³/mol. The number of primary amides is 1. The van der Waals surface area contributed by atoms with E-state index >= 15 is 0 Å². The summed E-state index contributed by atoms with van der Waals surface area (Å²) in [7, 11) is 1.56. The summed E-state index contributed by atoms with van der Waals surface area (Å²) < 4.78 is 5.39. The van der Waals surface area contributed by atoms with Crippen LogP contribution in [0.2, 0.25) is 0 Å². The summed E-state index contributed by atoms with van der Waals surface area (Å²) in [6.07, 6.45) is 0. The number of amides is 1. The lowest BCUT2D eigenvalue weighted by molar-refractivity contribution is 0.100. The van der Waals surface area contributed by atoms with Crippen LogP contribution in [-0.2, 0) is 0 Å². The minimum atomic E-state index is -0.530. The zero-order valence-corrected chi connectivity index (χ0v) is 15.9. The molecule has 8 nitrogen and oxygen atoms in total. The molecule has 148 valence electrons. The molecule has 0 aliphatic heterocycles. The van der Waals surface area contributed by atoms with Crippen molar-refractivity contribution in [3.05, 3.63) is 60.2 Å². The van der Waals surface area contributed by atoms with Crippen molar-refractivity contribution in [1.29, 1.82) is 0 Å². The first-order valence-corrected chi connectivity index (χ1v) is 9.19. The van der Waals surface area contributed by atoms with E-state index in [-0.39, 0.29) is 5.75 Å². The molecule has 1 amide bonds. The lowest BCUT2D eigenvalue weighted by Crippen LogP contribution is -2.11. The highest BCUT2D eigenvalue weighted by Gasteiger charge is 2.17. The summed E-state index contributed by atoms with van der Waals surface area (Å²) in [5.41, 5.74) is 10.3. The van der Waals surface area contributed by atoms with Crippen LogP contribution in [0.25, 0.3) is 44.6 Å². The Hall–Kier alpha value is -4.33. The van der Waals surface area contributed by atoms with E-state index in [9.17, 15) is 9.90 Å². The molecule has 0 radical (unpaired) electrons. The van der Waals surface area contributed by atoms with E-state index < -0.39 is 5.91 Å². The summed E-state index contributed by atoms with van der Waals surface area (Å²) in [5, 5.41) is 18.0. The fourth-order valence-corrected chi connectivity index (χ4v) is 3.63. The largest absolute Gasteiger partial charge is 0.508 e. The molecule has 0 fully saturated rings. The highest BCUT2D eigenvalue weighted by atomic mass is 16.5. The smallest absolute Gasteiger partial charge is 0.250 e. The molecule has 0 saturated carbocycles. The number of para-hydroxylation sites is 1. The van der Waals surface area contributed by atoms with Crippen LogP contribution in [0.1, 0.15) is 10.4 Å². The molecule has 2 heterocycles. The van der Waals surface area contributed by atoms with E-state index in [1.54, 1.807) is 37.4 Å². The summed E-state index contributed by atoms with van der Waals surface area (Å²) >= 11 is 0. The fraction of sp³-hybridized carbons (Fsp3) is 0.0455. The molecule has 0 saturated heterocycles. The van der Waals surface area contributed by atoms with Gasteiger partial charge in [-0.2, -0.15) is 5.10 Å². The molecule has 5 rings (SSSR count). The monoisotopic (exact) mass is 399 g/mol. The number of nitrogens with zero attached hydrogens (tertiary/aromatic N) is 2. The van der Waals surface area contributed by atoms with Gasteiger partial charge >= 0.3 is 0 Å². The molecule has 0 unspecified atom stereocenters. The third-order valence-electron chi connectivity index (χ3n) is 5.06. The number of nitrogens with two attached hydrogens (primary N) is 1. The maximum atomic E-state index is 11.7. The van der Waals surface area contributed by atoms with E-state index in [0.717, 1.165) is 22.0 Å². The maximum Gasteiger partial charge on any atom is 0.250 e. The highest BCUT2D eigenvalue weighted by molar-refractivity contribution is 6.05. The summed E-state index contributed by atoms with van der Waals surface area (Å²) in [5.74, 6) is 0.726. The van der Waals surface area contributed by atoms with Gasteiger partial charge in [0.25, 0.3) is 5.91 Å². The third-order valence-corrected chi connectivity index (χ3v) is 5.06. The first-order valence-electron chi connectivity index (χ1n) is 9.19. The number of phenolic OH excluding ortho intramolecular Hbond substituents is 1. The minimum Gasteiger partial charge on any atom is -0.508 e. The maximum absolute atomic E-state index is 11.7. The van der Waals surface area contributed by atoms with Gasteiger partial charge in [0.2, 0.25) is 0 Å². The van der Waals surface area contributed by atoms with E-state index in [1.807, 2.05) is 24.3 Å². The van der Waals surface area contributed by atoms with Crippen molar-refractivity contribution in [2.24, 2.45) is 5.73 Å². The van der Waals surface area contributed by atoms with E-state index in [2.05, 4.69) is 20.2 Å². The Morgan fingerprint density at radius 2 is 1.97 bits per heavy atom. The Morgan fingerprint density at radius 3 is 2.77 bits per heavy atom. The van der Waals surface area contributed by atoms with Gasteiger partial charge in [0.15, 0.2) is 5.82 Å². The van der Waals surface area contributed by atoms with Crippen molar-refractivity contribution in [1.82, 2.24) is 20.2 Å². The number of nitrogens with one attached hydrogen (secondary N) is 2. The number of rotatable bonds is 4. The topological polar surface area (TPSA) is 130 Å². The lowest BCUT2D eigenvalue weighted by Gasteiger charge is -2.09.